The van der Waals surface area contributed by atoms with Gasteiger partial charge in [-0.1, -0.05) is 47.5 Å². The van der Waals surface area contributed by atoms with Gasteiger partial charge in [0.25, 0.3) is 0 Å². The molecule has 0 bridgehead atoms. The molecule has 3 aromatic rings. The smallest absolute Gasteiger partial charge is 0.329 e. The van der Waals surface area contributed by atoms with Gasteiger partial charge in [0.15, 0.2) is 0 Å². The first kappa shape index (κ1) is 20.1. The average molecular weight is 407 g/mol. The summed E-state index contributed by atoms with van der Waals surface area (Å²) in [6.07, 6.45) is 1.43. The van der Waals surface area contributed by atoms with Crippen molar-refractivity contribution in [3.63, 3.8) is 0 Å². The molecule has 3 rings (SSSR count). The molecule has 6 nitrogen and oxygen atoms in total. The molecule has 0 heterocycles. The Kier molecular flexibility index (Phi) is 6.60. The molecule has 0 aliphatic heterocycles. The van der Waals surface area contributed by atoms with Gasteiger partial charge in [0, 0.05) is 27.6 Å². The van der Waals surface area contributed by atoms with Crippen LogP contribution < -0.4 is 16.1 Å². The summed E-state index contributed by atoms with van der Waals surface area (Å²) in [7, 11) is 0. The van der Waals surface area contributed by atoms with Crippen LogP contribution in [0.5, 0.6) is 0 Å². The van der Waals surface area contributed by atoms with Crippen molar-refractivity contribution in [2.24, 2.45) is 5.10 Å². The van der Waals surface area contributed by atoms with E-state index in [1.807, 2.05) is 43.3 Å². The molecular formula is C22H19ClN4O2. The van der Waals surface area contributed by atoms with Crippen LogP contribution in [0.15, 0.2) is 77.9 Å². The van der Waals surface area contributed by atoms with E-state index in [1.54, 1.807) is 36.4 Å². The third-order valence-corrected chi connectivity index (χ3v) is 4.19. The fourth-order valence-electron chi connectivity index (χ4n) is 2.47. The topological polar surface area (TPSA) is 82.6 Å². The molecule has 0 radical (unpaired) electrons. The molecule has 7 heteroatoms. The maximum atomic E-state index is 11.9. The zero-order valence-corrected chi connectivity index (χ0v) is 16.4. The van der Waals surface area contributed by atoms with Crippen LogP contribution >= 0.6 is 11.6 Å². The second kappa shape index (κ2) is 9.52. The highest BCUT2D eigenvalue weighted by molar-refractivity contribution is 6.39. The van der Waals surface area contributed by atoms with E-state index in [2.05, 4.69) is 21.2 Å². The van der Waals surface area contributed by atoms with Crippen molar-refractivity contribution in [2.45, 2.75) is 6.92 Å². The Morgan fingerprint density at radius 2 is 1.62 bits per heavy atom. The molecule has 146 valence electrons. The van der Waals surface area contributed by atoms with E-state index in [-0.39, 0.29) is 0 Å². The molecular weight excluding hydrogens is 388 g/mol. The van der Waals surface area contributed by atoms with Crippen molar-refractivity contribution in [3.05, 3.63) is 88.9 Å². The molecule has 0 unspecified atom stereocenters. The van der Waals surface area contributed by atoms with Gasteiger partial charge >= 0.3 is 11.8 Å². The summed E-state index contributed by atoms with van der Waals surface area (Å²) in [5, 5.41) is 10.2. The van der Waals surface area contributed by atoms with E-state index >= 15 is 0 Å². The molecule has 0 spiro atoms. The van der Waals surface area contributed by atoms with E-state index in [4.69, 9.17) is 11.6 Å². The Hall–Kier alpha value is -3.64. The highest BCUT2D eigenvalue weighted by atomic mass is 35.5. The number of halogens is 1. The van der Waals surface area contributed by atoms with Crippen LogP contribution in [0.4, 0.5) is 17.1 Å². The summed E-state index contributed by atoms with van der Waals surface area (Å²) in [4.78, 5) is 23.8. The van der Waals surface area contributed by atoms with Crippen LogP contribution in [0.1, 0.15) is 11.1 Å². The quantitative estimate of drug-likeness (QED) is 0.332. The lowest BCUT2D eigenvalue weighted by atomic mass is 10.1. The summed E-state index contributed by atoms with van der Waals surface area (Å²) >= 11 is 6.08. The molecule has 0 fully saturated rings. The van der Waals surface area contributed by atoms with Gasteiger partial charge in [-0.3, -0.25) is 9.59 Å². The monoisotopic (exact) mass is 406 g/mol. The zero-order valence-electron chi connectivity index (χ0n) is 15.6. The van der Waals surface area contributed by atoms with Gasteiger partial charge in [-0.05, 0) is 49.4 Å². The molecule has 0 aromatic heterocycles. The number of hydrogen-bond donors (Lipinski definition) is 3. The fraction of sp³-hybridized carbons (Fsp3) is 0.0455. The number of hydrazone groups is 1. The number of anilines is 3. The van der Waals surface area contributed by atoms with Crippen molar-refractivity contribution in [2.75, 3.05) is 10.6 Å². The van der Waals surface area contributed by atoms with Crippen LogP contribution in [-0.4, -0.2) is 18.0 Å². The number of carbonyl (C=O) groups is 2. The van der Waals surface area contributed by atoms with Crippen LogP contribution in [0, 0.1) is 6.92 Å². The van der Waals surface area contributed by atoms with Gasteiger partial charge in [-0.25, -0.2) is 5.43 Å². The summed E-state index contributed by atoms with van der Waals surface area (Å²) in [5.74, 6) is -1.68. The average Bonchev–Trinajstić information content (AvgIpc) is 2.72. The third-order valence-electron chi connectivity index (χ3n) is 3.95. The van der Waals surface area contributed by atoms with Gasteiger partial charge < -0.3 is 10.6 Å². The standard InChI is InChI=1S/C22H19ClN4O2/c1-15-7-10-19(11-8-15)25-20-12-9-17(23)13-16(20)14-24-27-22(29)21(28)26-18-5-3-2-4-6-18/h2-14,25H,1H3,(H,26,28)(H,27,29)/b24-14-. The first-order valence-corrected chi connectivity index (χ1v) is 9.22. The zero-order chi connectivity index (χ0) is 20.6. The van der Waals surface area contributed by atoms with Crippen LogP contribution in [0.2, 0.25) is 5.02 Å². The highest BCUT2D eigenvalue weighted by Crippen LogP contribution is 2.23. The Labute approximate surface area is 173 Å². The van der Waals surface area contributed by atoms with E-state index in [1.165, 1.54) is 6.21 Å². The van der Waals surface area contributed by atoms with Crippen molar-refractivity contribution >= 4 is 46.7 Å². The van der Waals surface area contributed by atoms with Crippen molar-refractivity contribution in [3.8, 4) is 0 Å². The minimum absolute atomic E-state index is 0.522. The predicted octanol–water partition coefficient (Wildman–Crippen LogP) is 4.48. The minimum Gasteiger partial charge on any atom is -0.355 e. The Balaban J connectivity index is 1.66. The number of rotatable bonds is 5. The predicted molar refractivity (Wildman–Crippen MR) is 117 cm³/mol. The number of carbonyl (C=O) groups excluding carboxylic acids is 2. The lowest BCUT2D eigenvalue weighted by Crippen LogP contribution is -2.32. The Morgan fingerprint density at radius 3 is 2.34 bits per heavy atom. The van der Waals surface area contributed by atoms with Gasteiger partial charge in [-0.2, -0.15) is 5.10 Å². The maximum Gasteiger partial charge on any atom is 0.329 e. The van der Waals surface area contributed by atoms with Gasteiger partial charge in [0.2, 0.25) is 0 Å². The molecule has 2 amide bonds. The van der Waals surface area contributed by atoms with Crippen molar-refractivity contribution < 1.29 is 9.59 Å². The maximum absolute atomic E-state index is 11.9. The number of aryl methyl sites for hydroxylation is 1. The van der Waals surface area contributed by atoms with Crippen LogP contribution in [-0.2, 0) is 9.59 Å². The summed E-state index contributed by atoms with van der Waals surface area (Å²) in [6, 6.07) is 21.9. The number of nitrogens with zero attached hydrogens (tertiary/aromatic N) is 1. The van der Waals surface area contributed by atoms with Gasteiger partial charge in [0.1, 0.15) is 0 Å². The molecule has 0 atom stereocenters. The van der Waals surface area contributed by atoms with Gasteiger partial charge in [0.05, 0.1) is 6.21 Å². The summed E-state index contributed by atoms with van der Waals surface area (Å²) < 4.78 is 0. The van der Waals surface area contributed by atoms with E-state index in [0.29, 0.717) is 16.3 Å². The first-order chi connectivity index (χ1) is 14.0. The number of nitrogens with one attached hydrogen (secondary N) is 3. The molecule has 0 saturated heterocycles. The number of benzene rings is 3. The lowest BCUT2D eigenvalue weighted by Gasteiger charge is -2.10. The van der Waals surface area contributed by atoms with Crippen LogP contribution in [0.25, 0.3) is 0 Å². The van der Waals surface area contributed by atoms with E-state index in [0.717, 1.165) is 16.9 Å². The van der Waals surface area contributed by atoms with E-state index in [9.17, 15) is 9.59 Å². The number of amides is 2. The Morgan fingerprint density at radius 1 is 0.897 bits per heavy atom. The normalized spacial score (nSPS) is 10.6. The molecule has 3 aromatic carbocycles. The highest BCUT2D eigenvalue weighted by Gasteiger charge is 2.12. The second-order valence-corrected chi connectivity index (χ2v) is 6.68. The fourth-order valence-corrected chi connectivity index (χ4v) is 2.65. The minimum atomic E-state index is -0.875. The number of para-hydroxylation sites is 1. The SMILES string of the molecule is Cc1ccc(Nc2ccc(Cl)cc2/C=N\NC(=O)C(=O)Nc2ccccc2)cc1. The second-order valence-electron chi connectivity index (χ2n) is 6.24. The van der Waals surface area contributed by atoms with Crippen LogP contribution in [0.3, 0.4) is 0 Å². The molecule has 0 aliphatic rings. The lowest BCUT2D eigenvalue weighted by molar-refractivity contribution is -0.136. The molecule has 3 N–H and O–H groups in total. The molecule has 0 aliphatic carbocycles. The van der Waals surface area contributed by atoms with E-state index < -0.39 is 11.8 Å². The van der Waals surface area contributed by atoms with Gasteiger partial charge in [-0.15, -0.1) is 0 Å². The first-order valence-electron chi connectivity index (χ1n) is 8.84. The summed E-state index contributed by atoms with van der Waals surface area (Å²) in [5.41, 5.74) is 6.21. The largest absolute Gasteiger partial charge is 0.355 e. The molecule has 29 heavy (non-hydrogen) atoms. The number of hydrogen-bond acceptors (Lipinski definition) is 4. The summed E-state index contributed by atoms with van der Waals surface area (Å²) in [6.45, 7) is 2.01. The van der Waals surface area contributed by atoms with Crippen molar-refractivity contribution in [1.29, 1.82) is 0 Å². The van der Waals surface area contributed by atoms with Crippen molar-refractivity contribution in [1.82, 2.24) is 5.43 Å². The molecule has 0 saturated carbocycles. The Bertz CT molecular complexity index is 1030. The third kappa shape index (κ3) is 5.92.